The van der Waals surface area contributed by atoms with E-state index in [0.717, 1.165) is 55.6 Å². The van der Waals surface area contributed by atoms with Gasteiger partial charge in [0.25, 0.3) is 0 Å². The van der Waals surface area contributed by atoms with Crippen LogP contribution in [0.4, 0.5) is 11.8 Å². The fourth-order valence-corrected chi connectivity index (χ4v) is 3.92. The average molecular weight is 416 g/mol. The zero-order valence-electron chi connectivity index (χ0n) is 19.0. The number of anilines is 2. The van der Waals surface area contributed by atoms with Crippen LogP contribution < -0.4 is 20.1 Å². The molecule has 1 aromatic heterocycles. The quantitative estimate of drug-likeness (QED) is 0.522. The Kier molecular flexibility index (Phi) is 8.37. The van der Waals surface area contributed by atoms with Gasteiger partial charge in [-0.2, -0.15) is 4.98 Å². The van der Waals surface area contributed by atoms with E-state index in [0.29, 0.717) is 23.5 Å². The number of piperidine rings is 1. The molecule has 30 heavy (non-hydrogen) atoms. The van der Waals surface area contributed by atoms with Crippen LogP contribution in [0.1, 0.15) is 51.9 Å². The summed E-state index contributed by atoms with van der Waals surface area (Å²) in [7, 11) is 5.48. The van der Waals surface area contributed by atoms with Gasteiger partial charge >= 0.3 is 0 Å². The van der Waals surface area contributed by atoms with Crippen LogP contribution in [0, 0.1) is 0 Å². The number of benzene rings is 1. The van der Waals surface area contributed by atoms with Gasteiger partial charge in [0, 0.05) is 24.0 Å². The number of unbranched alkanes of at least 4 members (excludes halogenated alkanes) is 4. The van der Waals surface area contributed by atoms with Crippen molar-refractivity contribution in [3.8, 4) is 11.5 Å². The summed E-state index contributed by atoms with van der Waals surface area (Å²) in [6, 6.07) is 4.32. The number of hydrogen-bond acceptors (Lipinski definition) is 7. The molecule has 0 unspecified atom stereocenters. The first kappa shape index (κ1) is 22.4. The van der Waals surface area contributed by atoms with E-state index in [9.17, 15) is 0 Å². The Hall–Kier alpha value is -2.28. The van der Waals surface area contributed by atoms with E-state index in [2.05, 4.69) is 29.5 Å². The lowest BCUT2D eigenvalue weighted by Crippen LogP contribution is -2.37. The summed E-state index contributed by atoms with van der Waals surface area (Å²) in [5, 5.41) is 8.06. The van der Waals surface area contributed by atoms with Crippen LogP contribution in [-0.4, -0.2) is 61.8 Å². The van der Waals surface area contributed by atoms with Gasteiger partial charge in [-0.25, -0.2) is 4.98 Å². The Balaban J connectivity index is 1.82. The fourth-order valence-electron chi connectivity index (χ4n) is 3.92. The predicted molar refractivity (Wildman–Crippen MR) is 124 cm³/mol. The Morgan fingerprint density at radius 3 is 2.40 bits per heavy atom. The van der Waals surface area contributed by atoms with Crippen LogP contribution in [-0.2, 0) is 0 Å². The molecule has 166 valence electrons. The fraction of sp³-hybridized carbons (Fsp3) is 0.652. The van der Waals surface area contributed by atoms with Gasteiger partial charge in [-0.1, -0.05) is 32.6 Å². The predicted octanol–water partition coefficient (Wildman–Crippen LogP) is 4.54. The van der Waals surface area contributed by atoms with Crippen molar-refractivity contribution in [1.82, 2.24) is 14.9 Å². The second-order valence-corrected chi connectivity index (χ2v) is 8.18. The molecule has 3 rings (SSSR count). The lowest BCUT2D eigenvalue weighted by atomic mass is 10.1. The molecule has 1 fully saturated rings. The van der Waals surface area contributed by atoms with Crippen molar-refractivity contribution >= 4 is 22.7 Å². The van der Waals surface area contributed by atoms with Crippen LogP contribution >= 0.6 is 0 Å². The molecule has 2 heterocycles. The maximum atomic E-state index is 5.51. The van der Waals surface area contributed by atoms with Crippen molar-refractivity contribution in [1.29, 1.82) is 0 Å². The lowest BCUT2D eigenvalue weighted by Gasteiger charge is -2.30. The van der Waals surface area contributed by atoms with E-state index in [-0.39, 0.29) is 0 Å². The van der Waals surface area contributed by atoms with Crippen LogP contribution in [0.25, 0.3) is 10.9 Å². The Morgan fingerprint density at radius 1 is 1.00 bits per heavy atom. The minimum absolute atomic E-state index is 0.411. The highest BCUT2D eigenvalue weighted by atomic mass is 16.5. The Labute approximate surface area is 180 Å². The molecular formula is C23H37N5O2. The number of hydrogen-bond donors (Lipinski definition) is 2. The van der Waals surface area contributed by atoms with E-state index >= 15 is 0 Å². The standard InChI is InChI=1S/C23H37N5O2/c1-5-6-7-8-9-12-24-23-26-19-16-21(30-4)20(29-3)15-18(19)22(27-23)25-17-10-13-28(2)14-11-17/h15-17H,5-14H2,1-4H3,(H2,24,25,26,27). The SMILES string of the molecule is CCCCCCCNc1nc(NC2CCN(C)CC2)c2cc(OC)c(OC)cc2n1. The van der Waals surface area contributed by atoms with Gasteiger partial charge in [-0.3, -0.25) is 0 Å². The third kappa shape index (κ3) is 5.88. The molecule has 0 bridgehead atoms. The number of rotatable bonds is 11. The zero-order valence-corrected chi connectivity index (χ0v) is 19.0. The van der Waals surface area contributed by atoms with Gasteiger partial charge in [0.15, 0.2) is 11.5 Å². The molecule has 7 nitrogen and oxygen atoms in total. The molecule has 1 saturated heterocycles. The Bertz CT molecular complexity index is 806. The molecule has 2 N–H and O–H groups in total. The van der Waals surface area contributed by atoms with E-state index in [1.165, 1.54) is 25.7 Å². The van der Waals surface area contributed by atoms with Crippen LogP contribution in [0.15, 0.2) is 12.1 Å². The summed E-state index contributed by atoms with van der Waals surface area (Å²) < 4.78 is 11.0. The first-order valence-electron chi connectivity index (χ1n) is 11.3. The third-order valence-electron chi connectivity index (χ3n) is 5.82. The van der Waals surface area contributed by atoms with Gasteiger partial charge in [0.05, 0.1) is 19.7 Å². The van der Waals surface area contributed by atoms with Crippen molar-refractivity contribution in [2.24, 2.45) is 0 Å². The van der Waals surface area contributed by atoms with Crippen molar-refractivity contribution in [3.05, 3.63) is 12.1 Å². The van der Waals surface area contributed by atoms with Gasteiger partial charge < -0.3 is 25.0 Å². The number of methoxy groups -OCH3 is 2. The second-order valence-electron chi connectivity index (χ2n) is 8.18. The van der Waals surface area contributed by atoms with Crippen molar-refractivity contribution < 1.29 is 9.47 Å². The summed E-state index contributed by atoms with van der Waals surface area (Å²) in [5.74, 6) is 2.90. The highest BCUT2D eigenvalue weighted by molar-refractivity contribution is 5.92. The van der Waals surface area contributed by atoms with Crippen LogP contribution in [0.2, 0.25) is 0 Å². The first-order valence-corrected chi connectivity index (χ1v) is 11.3. The highest BCUT2D eigenvalue weighted by Crippen LogP contribution is 2.35. The lowest BCUT2D eigenvalue weighted by molar-refractivity contribution is 0.264. The summed E-state index contributed by atoms with van der Waals surface area (Å²) in [6.07, 6.45) is 8.43. The topological polar surface area (TPSA) is 71.5 Å². The summed E-state index contributed by atoms with van der Waals surface area (Å²) >= 11 is 0. The number of ether oxygens (including phenoxy) is 2. The third-order valence-corrected chi connectivity index (χ3v) is 5.82. The van der Waals surface area contributed by atoms with Crippen LogP contribution in [0.5, 0.6) is 11.5 Å². The van der Waals surface area contributed by atoms with Crippen molar-refractivity contribution in [2.75, 3.05) is 51.5 Å². The molecule has 1 aromatic carbocycles. The van der Waals surface area contributed by atoms with E-state index in [1.54, 1.807) is 14.2 Å². The zero-order chi connectivity index (χ0) is 21.3. The summed E-state index contributed by atoms with van der Waals surface area (Å²) in [5.41, 5.74) is 0.853. The number of nitrogens with one attached hydrogen (secondary N) is 2. The number of fused-ring (bicyclic) bond motifs is 1. The Morgan fingerprint density at radius 2 is 1.70 bits per heavy atom. The van der Waals surface area contributed by atoms with Crippen LogP contribution in [0.3, 0.4) is 0 Å². The molecule has 0 spiro atoms. The minimum Gasteiger partial charge on any atom is -0.493 e. The molecule has 1 aliphatic heterocycles. The molecule has 2 aromatic rings. The van der Waals surface area contributed by atoms with Crippen molar-refractivity contribution in [2.45, 2.75) is 57.9 Å². The van der Waals surface area contributed by atoms with E-state index < -0.39 is 0 Å². The molecular weight excluding hydrogens is 378 g/mol. The smallest absolute Gasteiger partial charge is 0.225 e. The van der Waals surface area contributed by atoms with Gasteiger partial charge in [-0.15, -0.1) is 0 Å². The van der Waals surface area contributed by atoms with Crippen molar-refractivity contribution in [3.63, 3.8) is 0 Å². The molecule has 0 atom stereocenters. The molecule has 0 saturated carbocycles. The molecule has 0 radical (unpaired) electrons. The van der Waals surface area contributed by atoms with E-state index in [1.807, 2.05) is 12.1 Å². The summed E-state index contributed by atoms with van der Waals surface area (Å²) in [6.45, 7) is 5.32. The maximum absolute atomic E-state index is 5.51. The highest BCUT2D eigenvalue weighted by Gasteiger charge is 2.19. The largest absolute Gasteiger partial charge is 0.493 e. The molecule has 0 aliphatic carbocycles. The maximum Gasteiger partial charge on any atom is 0.225 e. The average Bonchev–Trinajstić information content (AvgIpc) is 2.76. The molecule has 1 aliphatic rings. The molecule has 7 heteroatoms. The number of likely N-dealkylation sites (tertiary alicyclic amines) is 1. The van der Waals surface area contributed by atoms with Gasteiger partial charge in [-0.05, 0) is 45.5 Å². The van der Waals surface area contributed by atoms with Gasteiger partial charge in [0.1, 0.15) is 5.82 Å². The second kappa shape index (κ2) is 11.2. The monoisotopic (exact) mass is 415 g/mol. The number of aromatic nitrogens is 2. The normalized spacial score (nSPS) is 15.3. The molecule has 0 amide bonds. The number of nitrogens with zero attached hydrogens (tertiary/aromatic N) is 3. The summed E-state index contributed by atoms with van der Waals surface area (Å²) in [4.78, 5) is 12.0. The van der Waals surface area contributed by atoms with E-state index in [4.69, 9.17) is 19.4 Å². The first-order chi connectivity index (χ1) is 14.6. The van der Waals surface area contributed by atoms with Gasteiger partial charge in [0.2, 0.25) is 5.95 Å². The minimum atomic E-state index is 0.411.